The number of carbonyl (C=O) groups is 1. The maximum absolute atomic E-state index is 12.8. The Balaban J connectivity index is 1.37. The van der Waals surface area contributed by atoms with E-state index in [1.165, 1.54) is 77.7 Å². The summed E-state index contributed by atoms with van der Waals surface area (Å²) in [5, 5.41) is 9.21. The van der Waals surface area contributed by atoms with E-state index in [1.54, 1.807) is 60.7 Å². The Labute approximate surface area is 260 Å². The van der Waals surface area contributed by atoms with Crippen molar-refractivity contribution in [3.05, 3.63) is 76.3 Å². The second kappa shape index (κ2) is 19.2. The molecule has 42 heavy (non-hydrogen) atoms. The Hall–Kier alpha value is -3.09. The van der Waals surface area contributed by atoms with Crippen LogP contribution in [0, 0.1) is 0 Å². The smallest absolute Gasteiger partial charge is 0.343 e. The molecule has 3 aromatic carbocycles. The third kappa shape index (κ3) is 12.0. The highest BCUT2D eigenvalue weighted by Crippen LogP contribution is 2.33. The Morgan fingerprint density at radius 3 is 1.83 bits per heavy atom. The van der Waals surface area contributed by atoms with Crippen LogP contribution in [0.3, 0.4) is 0 Å². The van der Waals surface area contributed by atoms with E-state index < -0.39 is 5.97 Å². The van der Waals surface area contributed by atoms with Gasteiger partial charge < -0.3 is 14.2 Å². The molecule has 0 saturated carbocycles. The normalized spacial score (nSPS) is 11.1. The first-order chi connectivity index (χ1) is 20.5. The van der Waals surface area contributed by atoms with Gasteiger partial charge in [0.05, 0.1) is 40.7 Å². The lowest BCUT2D eigenvalue weighted by molar-refractivity contribution is 0.0729. The summed E-state index contributed by atoms with van der Waals surface area (Å²) in [4.78, 5) is 12.8. The predicted octanol–water partition coefficient (Wildman–Crippen LogP) is 11.7. The van der Waals surface area contributed by atoms with E-state index in [0.717, 1.165) is 12.2 Å². The number of unbranched alkanes of at least 4 members (excludes halogenated alkanes) is 11. The first-order valence-corrected chi connectivity index (χ1v) is 15.8. The van der Waals surface area contributed by atoms with Gasteiger partial charge in [0.15, 0.2) is 11.5 Å². The summed E-state index contributed by atoms with van der Waals surface area (Å²) < 4.78 is 16.8. The zero-order chi connectivity index (χ0) is 30.0. The average molecular weight is 614 g/mol. The molecule has 3 aromatic rings. The van der Waals surface area contributed by atoms with Gasteiger partial charge in [-0.25, -0.2) is 4.79 Å². The molecule has 226 valence electrons. The second-order valence-corrected chi connectivity index (χ2v) is 11.1. The van der Waals surface area contributed by atoms with Crippen molar-refractivity contribution in [1.82, 2.24) is 0 Å². The summed E-state index contributed by atoms with van der Waals surface area (Å²) in [6, 6.07) is 16.9. The highest BCUT2D eigenvalue weighted by Gasteiger charge is 2.13. The van der Waals surface area contributed by atoms with E-state index in [9.17, 15) is 4.79 Å². The quantitative estimate of drug-likeness (QED) is 0.0584. The molecule has 0 bridgehead atoms. The van der Waals surface area contributed by atoms with E-state index in [1.807, 2.05) is 0 Å². The highest BCUT2D eigenvalue weighted by molar-refractivity contribution is 6.42. The number of hydrogen-bond donors (Lipinski definition) is 0. The van der Waals surface area contributed by atoms with E-state index in [-0.39, 0.29) is 5.75 Å². The monoisotopic (exact) mass is 612 g/mol. The first kappa shape index (κ1) is 33.4. The van der Waals surface area contributed by atoms with Crippen LogP contribution in [-0.2, 0) is 0 Å². The van der Waals surface area contributed by atoms with Crippen LogP contribution in [0.25, 0.3) is 0 Å². The lowest BCUT2D eigenvalue weighted by Gasteiger charge is -2.10. The summed E-state index contributed by atoms with van der Waals surface area (Å²) in [5.41, 5.74) is 1.49. The van der Waals surface area contributed by atoms with Crippen molar-refractivity contribution in [2.24, 2.45) is 10.2 Å². The molecule has 8 heteroatoms. The number of methoxy groups -OCH3 is 1. The van der Waals surface area contributed by atoms with Crippen molar-refractivity contribution < 1.29 is 19.0 Å². The van der Waals surface area contributed by atoms with Gasteiger partial charge in [-0.15, -0.1) is 0 Å². The average Bonchev–Trinajstić information content (AvgIpc) is 3.00. The van der Waals surface area contributed by atoms with Gasteiger partial charge in [-0.05, 0) is 61.0 Å². The van der Waals surface area contributed by atoms with Crippen molar-refractivity contribution >= 4 is 40.5 Å². The molecule has 0 N–H and O–H groups in total. The van der Waals surface area contributed by atoms with E-state index >= 15 is 0 Å². The third-order valence-electron chi connectivity index (χ3n) is 6.89. The number of rotatable bonds is 19. The maximum atomic E-state index is 12.8. The second-order valence-electron chi connectivity index (χ2n) is 10.3. The molecule has 3 rings (SSSR count). The number of esters is 1. The van der Waals surface area contributed by atoms with Crippen LogP contribution in [0.1, 0.15) is 94.3 Å². The van der Waals surface area contributed by atoms with E-state index in [2.05, 4.69) is 17.2 Å². The minimum Gasteiger partial charge on any atom is -0.494 e. The molecule has 0 aliphatic heterocycles. The SMILES string of the molecule is CCCCCCCCCCCCCCOc1ccc(C(=O)Oc2ccc(N=Nc3ccc(Cl)c(Cl)c3)cc2OC)cc1. The van der Waals surface area contributed by atoms with E-state index in [0.29, 0.717) is 39.3 Å². The van der Waals surface area contributed by atoms with Gasteiger partial charge in [0.25, 0.3) is 0 Å². The predicted molar refractivity (Wildman–Crippen MR) is 172 cm³/mol. The Bertz CT molecular complexity index is 1260. The fourth-order valence-corrected chi connectivity index (χ4v) is 4.74. The van der Waals surface area contributed by atoms with Crippen LogP contribution in [0.2, 0.25) is 10.0 Å². The number of halogens is 2. The standard InChI is InChI=1S/C34H42Cl2N2O4/c1-3-4-5-6-7-8-9-10-11-12-13-14-23-41-29-19-15-26(16-20-29)34(39)42-32-22-18-28(25-33(32)40-2)38-37-27-17-21-30(35)31(36)24-27/h15-22,24-25H,3-14,23H2,1-2H3. The lowest BCUT2D eigenvalue weighted by atomic mass is 10.1. The topological polar surface area (TPSA) is 69.5 Å². The first-order valence-electron chi connectivity index (χ1n) is 15.0. The van der Waals surface area contributed by atoms with Gasteiger partial charge in [-0.2, -0.15) is 10.2 Å². The Morgan fingerprint density at radius 1 is 0.667 bits per heavy atom. The summed E-state index contributed by atoms with van der Waals surface area (Å²) in [5.74, 6) is 0.884. The van der Waals surface area contributed by atoms with Gasteiger partial charge in [0.2, 0.25) is 0 Å². The van der Waals surface area contributed by atoms with Crippen molar-refractivity contribution in [3.63, 3.8) is 0 Å². The Morgan fingerprint density at radius 2 is 1.24 bits per heavy atom. The minimum absolute atomic E-state index is 0.281. The zero-order valence-electron chi connectivity index (χ0n) is 24.7. The number of ether oxygens (including phenoxy) is 3. The summed E-state index contributed by atoms with van der Waals surface area (Å²) in [6.07, 6.45) is 15.7. The van der Waals surface area contributed by atoms with Gasteiger partial charge in [0, 0.05) is 6.07 Å². The molecule has 0 amide bonds. The number of benzene rings is 3. The fraction of sp³-hybridized carbons (Fsp3) is 0.441. The number of azo groups is 1. The summed E-state index contributed by atoms with van der Waals surface area (Å²) >= 11 is 12.0. The molecule has 0 spiro atoms. The molecule has 0 unspecified atom stereocenters. The van der Waals surface area contributed by atoms with Crippen molar-refractivity contribution in [3.8, 4) is 17.2 Å². The third-order valence-corrected chi connectivity index (χ3v) is 7.63. The molecule has 0 aliphatic rings. The molecular formula is C34H42Cl2N2O4. The largest absolute Gasteiger partial charge is 0.494 e. The molecule has 0 saturated heterocycles. The van der Waals surface area contributed by atoms with Crippen LogP contribution in [0.4, 0.5) is 11.4 Å². The number of carbonyl (C=O) groups excluding carboxylic acids is 1. The van der Waals surface area contributed by atoms with Crippen LogP contribution in [0.5, 0.6) is 17.2 Å². The highest BCUT2D eigenvalue weighted by atomic mass is 35.5. The molecule has 0 heterocycles. The fourth-order valence-electron chi connectivity index (χ4n) is 4.44. The van der Waals surface area contributed by atoms with Crippen molar-refractivity contribution in [2.75, 3.05) is 13.7 Å². The Kier molecular flexibility index (Phi) is 15.2. The zero-order valence-corrected chi connectivity index (χ0v) is 26.3. The van der Waals surface area contributed by atoms with Crippen molar-refractivity contribution in [2.45, 2.75) is 84.0 Å². The number of hydrogen-bond acceptors (Lipinski definition) is 6. The summed E-state index contributed by atoms with van der Waals surface area (Å²) in [7, 11) is 1.50. The molecule has 0 aliphatic carbocycles. The van der Waals surface area contributed by atoms with Crippen LogP contribution in [0.15, 0.2) is 70.9 Å². The molecule has 0 radical (unpaired) electrons. The molecule has 6 nitrogen and oxygen atoms in total. The van der Waals surface area contributed by atoms with Crippen molar-refractivity contribution in [1.29, 1.82) is 0 Å². The van der Waals surface area contributed by atoms with Crippen LogP contribution < -0.4 is 14.2 Å². The maximum Gasteiger partial charge on any atom is 0.343 e. The lowest BCUT2D eigenvalue weighted by Crippen LogP contribution is -2.09. The minimum atomic E-state index is -0.494. The summed E-state index contributed by atoms with van der Waals surface area (Å²) in [6.45, 7) is 2.94. The van der Waals surface area contributed by atoms with Gasteiger partial charge >= 0.3 is 5.97 Å². The van der Waals surface area contributed by atoms with Gasteiger partial charge in [-0.1, -0.05) is 101 Å². The molecule has 0 atom stereocenters. The number of nitrogens with zero attached hydrogens (tertiary/aromatic N) is 2. The van der Waals surface area contributed by atoms with Gasteiger partial charge in [0.1, 0.15) is 5.75 Å². The van der Waals surface area contributed by atoms with Crippen LogP contribution >= 0.6 is 23.2 Å². The van der Waals surface area contributed by atoms with Crippen LogP contribution in [-0.4, -0.2) is 19.7 Å². The van der Waals surface area contributed by atoms with E-state index in [4.69, 9.17) is 37.4 Å². The molecule has 0 aromatic heterocycles. The molecule has 0 fully saturated rings. The molecular weight excluding hydrogens is 571 g/mol. The van der Waals surface area contributed by atoms with Gasteiger partial charge in [-0.3, -0.25) is 0 Å².